The highest BCUT2D eigenvalue weighted by molar-refractivity contribution is 14.2. The van der Waals surface area contributed by atoms with E-state index >= 15 is 0 Å². The fourth-order valence-corrected chi connectivity index (χ4v) is 0. The van der Waals surface area contributed by atoms with Gasteiger partial charge in [0, 0.05) is 0 Å². The van der Waals surface area contributed by atoms with Crippen LogP contribution in [0.1, 0.15) is 0 Å². The zero-order valence-electron chi connectivity index (χ0n) is 2.03. The van der Waals surface area contributed by atoms with Crippen molar-refractivity contribution in [2.75, 3.05) is 0 Å². The minimum absolute atomic E-state index is 1.79. The molecule has 1 N–H and O–H groups in total. The van der Waals surface area contributed by atoms with Crippen LogP contribution in [0.3, 0.4) is 0 Å². The van der Waals surface area contributed by atoms with Crippen LogP contribution in [0.4, 0.5) is 0 Å². The Bertz CT molecular complexity index is 25.1. The minimum Gasteiger partial charge on any atom is -0.219 e. The molecule has 0 aromatic rings. The van der Waals surface area contributed by atoms with E-state index in [0.717, 1.165) is 0 Å². The Balaban J connectivity index is 3.02. The minimum atomic E-state index is -1.79. The molecule has 0 fully saturated rings. The first-order valence-electron chi connectivity index (χ1n) is 0.707. The van der Waals surface area contributed by atoms with E-state index < -0.39 is 2.54 Å². The number of rotatable bonds is 0. The van der Waals surface area contributed by atoms with Gasteiger partial charge in [0.05, 0.1) is 0 Å². The summed E-state index contributed by atoms with van der Waals surface area (Å²) in [5.74, 6) is 0. The molecule has 0 amide bonds. The predicted octanol–water partition coefficient (Wildman–Crippen LogP) is 2.88. The molecule has 1 nitrogen and oxygen atoms in total. The molecule has 0 saturated heterocycles. The third-order valence-electron chi connectivity index (χ3n) is 0. The van der Waals surface area contributed by atoms with Gasteiger partial charge in [-0.25, -0.2) is 4.89 Å². The second-order valence-corrected chi connectivity index (χ2v) is 22.4. The molecule has 0 aliphatic heterocycles. The van der Waals surface area contributed by atoms with Gasteiger partial charge in [0.1, 0.15) is 0 Å². The molecule has 0 atom stereocenters. The van der Waals surface area contributed by atoms with E-state index in [1.54, 1.807) is 0 Å². The molecule has 0 spiro atoms. The summed E-state index contributed by atoms with van der Waals surface area (Å²) < 4.78 is -1.79. The monoisotopic (exact) mass is 333 g/mol. The van der Waals surface area contributed by atoms with Crippen molar-refractivity contribution in [1.29, 1.82) is 0 Å². The van der Waals surface area contributed by atoms with E-state index in [1.807, 2.05) is 22.0 Å². The van der Waals surface area contributed by atoms with Crippen LogP contribution in [-0.2, 0) is 0 Å². The zero-order chi connectivity index (χ0) is 4.50. The van der Waals surface area contributed by atoms with Gasteiger partial charge >= 0.3 is 2.54 Å². The summed E-state index contributed by atoms with van der Waals surface area (Å²) in [6.45, 7) is 0. The topological polar surface area (TPSA) is 20.2 Å². The molecule has 5 heavy (non-hydrogen) atoms. The maximum absolute atomic E-state index is 8.45. The van der Waals surface area contributed by atoms with Crippen molar-refractivity contribution in [1.82, 2.24) is 0 Å². The molecule has 0 aromatic carbocycles. The van der Waals surface area contributed by atoms with E-state index in [2.05, 4.69) is 31.0 Å². The molecule has 32 valence electrons. The second kappa shape index (κ2) is 2.40. The Morgan fingerprint density at radius 2 is 1.60 bits per heavy atom. The van der Waals surface area contributed by atoms with Gasteiger partial charge in [-0.05, 0) is 0 Å². The van der Waals surface area contributed by atoms with Gasteiger partial charge in [-0.15, -0.1) is 0 Å². The van der Waals surface area contributed by atoms with E-state index in [9.17, 15) is 0 Å². The summed E-state index contributed by atoms with van der Waals surface area (Å²) in [7, 11) is 0. The summed E-state index contributed by atoms with van der Waals surface area (Å²) in [6.07, 6.45) is 0. The normalized spacial score (nSPS) is 12.0. The number of halogens is 3. The molecule has 0 aromatic heterocycles. The quantitative estimate of drug-likeness (QED) is 0.533. The highest BCUT2D eigenvalue weighted by Gasteiger charge is 2.23. The first-order valence-corrected chi connectivity index (χ1v) is 9.27. The van der Waals surface area contributed by atoms with Crippen molar-refractivity contribution in [3.63, 3.8) is 0 Å². The lowest BCUT2D eigenvalue weighted by Crippen LogP contribution is -1.38. The van der Waals surface area contributed by atoms with Crippen molar-refractivity contribution >= 4 is 55.6 Å². The predicted molar refractivity (Wildman–Crippen MR) is 41.0 cm³/mol. The molecule has 5 heteroatoms. The van der Waals surface area contributed by atoms with Gasteiger partial charge in [-0.3, -0.25) is 0 Å². The standard InChI is InChI=1S/Br2HIOP/c1-5(2,3)4/h4H/q+1. The van der Waals surface area contributed by atoms with E-state index in [-0.39, 0.29) is 0 Å². The lowest BCUT2D eigenvalue weighted by Gasteiger charge is -1.80. The van der Waals surface area contributed by atoms with Crippen LogP contribution in [0, 0.1) is 0 Å². The van der Waals surface area contributed by atoms with E-state index in [4.69, 9.17) is 4.89 Å². The first kappa shape index (κ1) is 7.08. The van der Waals surface area contributed by atoms with Crippen LogP contribution >= 0.6 is 55.6 Å². The zero-order valence-corrected chi connectivity index (χ0v) is 8.25. The van der Waals surface area contributed by atoms with Crippen LogP contribution in [0.15, 0.2) is 0 Å². The molecule has 0 unspecified atom stereocenters. The van der Waals surface area contributed by atoms with E-state index in [1.165, 1.54) is 0 Å². The summed E-state index contributed by atoms with van der Waals surface area (Å²) in [5, 5.41) is 0. The fraction of sp³-hybridized carbons (Fsp3) is 0. The van der Waals surface area contributed by atoms with Gasteiger partial charge in [0.25, 0.3) is 0 Å². The van der Waals surface area contributed by atoms with Crippen molar-refractivity contribution in [3.8, 4) is 0 Å². The molecule has 0 heterocycles. The average Bonchev–Trinajstić information content (AvgIpc) is 0.722. The average molecular weight is 335 g/mol. The Hall–Kier alpha value is 2.08. The second-order valence-electron chi connectivity index (χ2n) is 0.418. The molecule has 0 radical (unpaired) electrons. The van der Waals surface area contributed by atoms with Crippen LogP contribution < -0.4 is 0 Å². The highest BCUT2D eigenvalue weighted by Crippen LogP contribution is 2.77. The molecule has 0 aliphatic carbocycles. The van der Waals surface area contributed by atoms with Gasteiger partial charge in [-0.2, -0.15) is 0 Å². The number of hydrogen-bond donors (Lipinski definition) is 1. The summed E-state index contributed by atoms with van der Waals surface area (Å²) in [6, 6.07) is 0. The van der Waals surface area contributed by atoms with Crippen molar-refractivity contribution in [3.05, 3.63) is 0 Å². The Labute approximate surface area is 59.9 Å². The smallest absolute Gasteiger partial charge is 0.219 e. The molecule has 0 rings (SSSR count). The molecule has 0 aliphatic rings. The maximum Gasteiger partial charge on any atom is 0.335 e. The van der Waals surface area contributed by atoms with Crippen molar-refractivity contribution in [2.45, 2.75) is 0 Å². The lowest BCUT2D eigenvalue weighted by molar-refractivity contribution is 0.656. The SMILES string of the molecule is O[P+](Br)(Br)I. The summed E-state index contributed by atoms with van der Waals surface area (Å²) in [4.78, 5) is 8.45. The first-order chi connectivity index (χ1) is 2.00. The Morgan fingerprint density at radius 1 is 1.60 bits per heavy atom. The van der Waals surface area contributed by atoms with Gasteiger partial charge in [0.15, 0.2) is 31.0 Å². The van der Waals surface area contributed by atoms with Gasteiger partial charge < -0.3 is 0 Å². The van der Waals surface area contributed by atoms with E-state index in [0.29, 0.717) is 0 Å². The number of hydrogen-bond acceptors (Lipinski definition) is 1. The highest BCUT2D eigenvalue weighted by atomic mass is 127. The van der Waals surface area contributed by atoms with Crippen LogP contribution in [0.25, 0.3) is 0 Å². The van der Waals surface area contributed by atoms with Crippen LogP contribution in [0.5, 0.6) is 0 Å². The fourth-order valence-electron chi connectivity index (χ4n) is 0. The molecule has 0 saturated carbocycles. The van der Waals surface area contributed by atoms with Crippen LogP contribution in [0.2, 0.25) is 0 Å². The summed E-state index contributed by atoms with van der Waals surface area (Å²) >= 11 is 7.77. The summed E-state index contributed by atoms with van der Waals surface area (Å²) in [5.41, 5.74) is 0. The molecular weight excluding hydrogens is 334 g/mol. The van der Waals surface area contributed by atoms with Crippen molar-refractivity contribution in [2.24, 2.45) is 0 Å². The Kier molecular flexibility index (Phi) is 3.40. The third kappa shape index (κ3) is 23.4. The molecular formula is HBr2IOP+. The largest absolute Gasteiger partial charge is 0.335 e. The van der Waals surface area contributed by atoms with Crippen LogP contribution in [-0.4, -0.2) is 4.89 Å². The lowest BCUT2D eigenvalue weighted by atomic mass is 15.9. The third-order valence-corrected chi connectivity index (χ3v) is 0. The van der Waals surface area contributed by atoms with Gasteiger partial charge in [-0.1, -0.05) is 0 Å². The maximum atomic E-state index is 8.45. The van der Waals surface area contributed by atoms with Crippen molar-refractivity contribution < 1.29 is 4.89 Å². The molecule has 0 bridgehead atoms. The van der Waals surface area contributed by atoms with Gasteiger partial charge in [0.2, 0.25) is 22.0 Å². The Morgan fingerprint density at radius 3 is 1.60 bits per heavy atom.